The standard InChI is InChI=1S/C19H19ClFIN2O/c20-14-3-6-18(22)17(11-14)19(25)23-16-7-9-24(10-8-16)12-13-1-4-15(21)5-2-13/h1-6,11,16H,7-10,12H2,(H,23,25). The van der Waals surface area contributed by atoms with Gasteiger partial charge in [-0.15, -0.1) is 0 Å². The lowest BCUT2D eigenvalue weighted by Gasteiger charge is -2.32. The summed E-state index contributed by atoms with van der Waals surface area (Å²) in [5.74, 6) is -0.273. The number of nitrogens with zero attached hydrogens (tertiary/aromatic N) is 1. The van der Waals surface area contributed by atoms with E-state index in [0.29, 0.717) is 10.6 Å². The number of carbonyl (C=O) groups is 1. The molecule has 132 valence electrons. The van der Waals surface area contributed by atoms with Gasteiger partial charge in [-0.1, -0.05) is 23.7 Å². The van der Waals surface area contributed by atoms with Gasteiger partial charge in [0.05, 0.1) is 5.56 Å². The lowest BCUT2D eigenvalue weighted by molar-refractivity contribution is 0.0908. The summed E-state index contributed by atoms with van der Waals surface area (Å²) in [6.07, 6.45) is 1.81. The Kier molecular flexibility index (Phi) is 6.30. The monoisotopic (exact) mass is 472 g/mol. The molecule has 0 spiro atoms. The Labute approximate surface area is 165 Å². The van der Waals surface area contributed by atoms with Gasteiger partial charge in [0.15, 0.2) is 0 Å². The van der Waals surface area contributed by atoms with Crippen molar-refractivity contribution >= 4 is 40.1 Å². The van der Waals surface area contributed by atoms with E-state index in [-0.39, 0.29) is 17.8 Å². The van der Waals surface area contributed by atoms with Crippen LogP contribution < -0.4 is 5.32 Å². The van der Waals surface area contributed by atoms with Gasteiger partial charge >= 0.3 is 0 Å². The van der Waals surface area contributed by atoms with Crippen molar-refractivity contribution in [2.24, 2.45) is 0 Å². The topological polar surface area (TPSA) is 32.3 Å². The molecular formula is C19H19ClFIN2O. The highest BCUT2D eigenvalue weighted by molar-refractivity contribution is 14.1. The van der Waals surface area contributed by atoms with Crippen LogP contribution in [0.15, 0.2) is 42.5 Å². The predicted molar refractivity (Wildman–Crippen MR) is 106 cm³/mol. The molecule has 0 saturated carbocycles. The number of hydrogen-bond donors (Lipinski definition) is 1. The molecule has 3 nitrogen and oxygen atoms in total. The summed E-state index contributed by atoms with van der Waals surface area (Å²) in [4.78, 5) is 14.8. The largest absolute Gasteiger partial charge is 0.349 e. The van der Waals surface area contributed by atoms with Crippen molar-refractivity contribution < 1.29 is 9.18 Å². The fraction of sp³-hybridized carbons (Fsp3) is 0.316. The zero-order valence-electron chi connectivity index (χ0n) is 13.6. The molecule has 0 radical (unpaired) electrons. The summed E-state index contributed by atoms with van der Waals surface area (Å²) in [6, 6.07) is 12.2. The molecule has 1 N–H and O–H groups in total. The Morgan fingerprint density at radius 2 is 1.88 bits per heavy atom. The van der Waals surface area contributed by atoms with Gasteiger partial charge in [0.1, 0.15) is 5.82 Å². The second kappa shape index (κ2) is 8.47. The zero-order valence-corrected chi connectivity index (χ0v) is 16.6. The van der Waals surface area contributed by atoms with Gasteiger partial charge in [-0.2, -0.15) is 0 Å². The van der Waals surface area contributed by atoms with E-state index in [9.17, 15) is 9.18 Å². The minimum Gasteiger partial charge on any atom is -0.349 e. The molecule has 1 aliphatic heterocycles. The average Bonchev–Trinajstić information content (AvgIpc) is 2.60. The molecule has 1 heterocycles. The fourth-order valence-corrected chi connectivity index (χ4v) is 3.77. The number of likely N-dealkylation sites (tertiary alicyclic amines) is 1. The number of benzene rings is 2. The number of piperidine rings is 1. The Morgan fingerprint density at radius 3 is 2.56 bits per heavy atom. The normalized spacial score (nSPS) is 16.0. The van der Waals surface area contributed by atoms with E-state index in [4.69, 9.17) is 11.6 Å². The molecule has 3 rings (SSSR count). The Bertz CT molecular complexity index is 746. The molecule has 1 saturated heterocycles. The molecule has 0 unspecified atom stereocenters. The highest BCUT2D eigenvalue weighted by Gasteiger charge is 2.22. The van der Waals surface area contributed by atoms with Crippen molar-refractivity contribution in [3.05, 3.63) is 68.0 Å². The van der Waals surface area contributed by atoms with Gasteiger partial charge in [-0.05, 0) is 71.3 Å². The maximum Gasteiger partial charge on any atom is 0.252 e. The van der Waals surface area contributed by atoms with Crippen LogP contribution >= 0.6 is 34.2 Å². The Morgan fingerprint density at radius 1 is 1.20 bits per heavy atom. The number of halogens is 3. The van der Waals surface area contributed by atoms with E-state index in [1.165, 1.54) is 12.1 Å². The number of carbonyl (C=O) groups excluding carboxylic acids is 1. The minimum atomic E-state index is -0.208. The van der Waals surface area contributed by atoms with Gasteiger partial charge in [-0.3, -0.25) is 9.69 Å². The van der Waals surface area contributed by atoms with Gasteiger partial charge in [0.2, 0.25) is 0 Å². The van der Waals surface area contributed by atoms with Crippen LogP contribution in [-0.4, -0.2) is 29.9 Å². The third kappa shape index (κ3) is 5.15. The SMILES string of the molecule is O=C(NC1CCN(Cc2ccc(F)cc2)CC1)c1cc(Cl)ccc1I. The van der Waals surface area contributed by atoms with E-state index in [0.717, 1.165) is 41.6 Å². The molecule has 0 bridgehead atoms. The molecule has 6 heteroatoms. The van der Waals surface area contributed by atoms with E-state index in [2.05, 4.69) is 32.8 Å². The number of nitrogens with one attached hydrogen (secondary N) is 1. The van der Waals surface area contributed by atoms with Gasteiger partial charge in [0.25, 0.3) is 5.91 Å². The zero-order chi connectivity index (χ0) is 17.8. The molecule has 0 aromatic heterocycles. The first-order valence-corrected chi connectivity index (χ1v) is 9.69. The maximum absolute atomic E-state index is 13.0. The molecular weight excluding hydrogens is 454 g/mol. The van der Waals surface area contributed by atoms with Crippen molar-refractivity contribution in [1.82, 2.24) is 10.2 Å². The van der Waals surface area contributed by atoms with Crippen molar-refractivity contribution in [2.75, 3.05) is 13.1 Å². The van der Waals surface area contributed by atoms with E-state index in [1.54, 1.807) is 12.1 Å². The van der Waals surface area contributed by atoms with Gasteiger partial charge < -0.3 is 5.32 Å². The van der Waals surface area contributed by atoms with Crippen molar-refractivity contribution in [1.29, 1.82) is 0 Å². The molecule has 1 amide bonds. The molecule has 0 aliphatic carbocycles. The van der Waals surface area contributed by atoms with E-state index >= 15 is 0 Å². The second-order valence-corrected chi connectivity index (χ2v) is 7.87. The van der Waals surface area contributed by atoms with Crippen molar-refractivity contribution in [3.8, 4) is 0 Å². The van der Waals surface area contributed by atoms with Crippen LogP contribution in [0.5, 0.6) is 0 Å². The summed E-state index contributed by atoms with van der Waals surface area (Å²) >= 11 is 8.15. The van der Waals surface area contributed by atoms with Crippen LogP contribution in [0.2, 0.25) is 5.02 Å². The summed E-state index contributed by atoms with van der Waals surface area (Å²) in [5, 5.41) is 3.69. The molecule has 2 aromatic carbocycles. The molecule has 25 heavy (non-hydrogen) atoms. The number of rotatable bonds is 4. The first-order valence-electron chi connectivity index (χ1n) is 8.24. The Balaban J connectivity index is 1.51. The number of amides is 1. The summed E-state index contributed by atoms with van der Waals surface area (Å²) < 4.78 is 13.9. The Hall–Kier alpha value is -1.18. The van der Waals surface area contributed by atoms with Gasteiger partial charge in [-0.25, -0.2) is 4.39 Å². The first kappa shape index (κ1) is 18.6. The predicted octanol–water partition coefficient (Wildman–Crippen LogP) is 4.48. The average molecular weight is 473 g/mol. The maximum atomic E-state index is 13.0. The smallest absolute Gasteiger partial charge is 0.252 e. The lowest BCUT2D eigenvalue weighted by atomic mass is 10.0. The summed E-state index contributed by atoms with van der Waals surface area (Å²) in [7, 11) is 0. The van der Waals surface area contributed by atoms with E-state index < -0.39 is 0 Å². The van der Waals surface area contributed by atoms with Crippen LogP contribution in [0.3, 0.4) is 0 Å². The molecule has 1 fully saturated rings. The van der Waals surface area contributed by atoms with Crippen LogP contribution in [0.4, 0.5) is 4.39 Å². The van der Waals surface area contributed by atoms with Crippen LogP contribution in [0.25, 0.3) is 0 Å². The van der Waals surface area contributed by atoms with Crippen molar-refractivity contribution in [3.63, 3.8) is 0 Å². The highest BCUT2D eigenvalue weighted by atomic mass is 127. The first-order chi connectivity index (χ1) is 12.0. The summed E-state index contributed by atoms with van der Waals surface area (Å²) in [5.41, 5.74) is 1.74. The van der Waals surface area contributed by atoms with Crippen LogP contribution in [0, 0.1) is 9.39 Å². The number of hydrogen-bond acceptors (Lipinski definition) is 2. The summed E-state index contributed by atoms with van der Waals surface area (Å²) in [6.45, 7) is 2.64. The van der Waals surface area contributed by atoms with Crippen LogP contribution in [-0.2, 0) is 6.54 Å². The third-order valence-electron chi connectivity index (χ3n) is 4.42. The van der Waals surface area contributed by atoms with Crippen molar-refractivity contribution in [2.45, 2.75) is 25.4 Å². The highest BCUT2D eigenvalue weighted by Crippen LogP contribution is 2.19. The van der Waals surface area contributed by atoms with E-state index in [1.807, 2.05) is 18.2 Å². The van der Waals surface area contributed by atoms with Gasteiger partial charge in [0, 0.05) is 34.3 Å². The second-order valence-electron chi connectivity index (χ2n) is 6.27. The molecule has 1 aliphatic rings. The van der Waals surface area contributed by atoms with Crippen LogP contribution in [0.1, 0.15) is 28.8 Å². The molecule has 0 atom stereocenters. The molecule has 2 aromatic rings. The minimum absolute atomic E-state index is 0.0658. The lowest BCUT2D eigenvalue weighted by Crippen LogP contribution is -2.44. The quantitative estimate of drug-likeness (QED) is 0.666. The fourth-order valence-electron chi connectivity index (χ4n) is 3.02. The third-order valence-corrected chi connectivity index (χ3v) is 5.59.